The number of piperidine rings is 1. The molecule has 1 atom stereocenters. The van der Waals surface area contributed by atoms with Crippen LogP contribution in [0.25, 0.3) is 0 Å². The minimum absolute atomic E-state index is 0. The fourth-order valence-electron chi connectivity index (χ4n) is 3.98. The van der Waals surface area contributed by atoms with Gasteiger partial charge in [-0.1, -0.05) is 13.3 Å². The molecule has 2 aliphatic heterocycles. The van der Waals surface area contributed by atoms with Crippen molar-refractivity contribution in [2.45, 2.75) is 38.1 Å². The minimum Gasteiger partial charge on any atom is -0.323 e. The SMILES string of the molecule is CCCC1(C2CCNCC2)NC(=O)N(CC(=O)Nc2cnn(C)c2)C1=O.Cl. The van der Waals surface area contributed by atoms with Gasteiger partial charge in [0.05, 0.1) is 11.9 Å². The van der Waals surface area contributed by atoms with Gasteiger partial charge in [0.15, 0.2) is 0 Å². The first-order valence-corrected chi connectivity index (χ1v) is 9.09. The van der Waals surface area contributed by atoms with Gasteiger partial charge < -0.3 is 16.0 Å². The van der Waals surface area contributed by atoms with Crippen molar-refractivity contribution < 1.29 is 14.4 Å². The largest absolute Gasteiger partial charge is 0.325 e. The Balaban J connectivity index is 0.00000261. The fraction of sp³-hybridized carbons (Fsp3) is 0.647. The maximum absolute atomic E-state index is 13.1. The quantitative estimate of drug-likeness (QED) is 0.616. The van der Waals surface area contributed by atoms with Crippen LogP contribution in [-0.2, 0) is 16.6 Å². The summed E-state index contributed by atoms with van der Waals surface area (Å²) in [6.07, 6.45) is 6.21. The van der Waals surface area contributed by atoms with E-state index in [4.69, 9.17) is 0 Å². The predicted octanol–water partition coefficient (Wildman–Crippen LogP) is 0.871. The van der Waals surface area contributed by atoms with E-state index in [2.05, 4.69) is 21.0 Å². The fourth-order valence-corrected chi connectivity index (χ4v) is 3.98. The summed E-state index contributed by atoms with van der Waals surface area (Å²) >= 11 is 0. The van der Waals surface area contributed by atoms with Crippen molar-refractivity contribution >= 4 is 35.9 Å². The number of anilines is 1. The highest BCUT2D eigenvalue weighted by atomic mass is 35.5. The third kappa shape index (κ3) is 4.24. The first kappa shape index (κ1) is 21.2. The van der Waals surface area contributed by atoms with Crippen LogP contribution in [0.15, 0.2) is 12.4 Å². The average Bonchev–Trinajstić information content (AvgIpc) is 3.13. The zero-order valence-corrected chi connectivity index (χ0v) is 16.5. The van der Waals surface area contributed by atoms with Crippen molar-refractivity contribution in [2.75, 3.05) is 25.0 Å². The lowest BCUT2D eigenvalue weighted by atomic mass is 9.75. The van der Waals surface area contributed by atoms with Gasteiger partial charge >= 0.3 is 6.03 Å². The first-order valence-electron chi connectivity index (χ1n) is 9.09. The molecule has 0 radical (unpaired) electrons. The van der Waals surface area contributed by atoms with Gasteiger partial charge in [-0.2, -0.15) is 5.10 Å². The molecular weight excluding hydrogens is 372 g/mol. The van der Waals surface area contributed by atoms with Gasteiger partial charge in [-0.3, -0.25) is 19.2 Å². The van der Waals surface area contributed by atoms with Gasteiger partial charge in [0.2, 0.25) is 5.91 Å². The lowest BCUT2D eigenvalue weighted by Crippen LogP contribution is -2.55. The van der Waals surface area contributed by atoms with Crippen LogP contribution < -0.4 is 16.0 Å². The highest BCUT2D eigenvalue weighted by molar-refractivity contribution is 6.10. The highest BCUT2D eigenvalue weighted by Crippen LogP contribution is 2.35. The van der Waals surface area contributed by atoms with Gasteiger partial charge in [-0.25, -0.2) is 4.79 Å². The normalized spacial score (nSPS) is 23.1. The molecule has 0 saturated carbocycles. The molecule has 2 aliphatic rings. The molecule has 1 aromatic heterocycles. The van der Waals surface area contributed by atoms with Crippen LogP contribution in [-0.4, -0.2) is 57.7 Å². The van der Waals surface area contributed by atoms with E-state index in [-0.39, 0.29) is 30.8 Å². The maximum atomic E-state index is 13.1. The number of imide groups is 1. The molecule has 0 bridgehead atoms. The van der Waals surface area contributed by atoms with Crippen molar-refractivity contribution in [3.63, 3.8) is 0 Å². The number of hydrogen-bond acceptors (Lipinski definition) is 5. The summed E-state index contributed by atoms with van der Waals surface area (Å²) in [7, 11) is 1.74. The van der Waals surface area contributed by atoms with E-state index >= 15 is 0 Å². The van der Waals surface area contributed by atoms with Crippen LogP contribution in [0.5, 0.6) is 0 Å². The number of carbonyl (C=O) groups excluding carboxylic acids is 3. The number of aryl methyl sites for hydroxylation is 1. The Labute approximate surface area is 164 Å². The molecule has 0 aliphatic carbocycles. The molecule has 2 saturated heterocycles. The van der Waals surface area contributed by atoms with Crippen LogP contribution in [0.2, 0.25) is 0 Å². The molecule has 4 amide bonds. The number of carbonyl (C=O) groups is 3. The van der Waals surface area contributed by atoms with Crippen LogP contribution >= 0.6 is 12.4 Å². The van der Waals surface area contributed by atoms with E-state index < -0.39 is 17.5 Å². The predicted molar refractivity (Wildman–Crippen MR) is 103 cm³/mol. The second kappa shape index (κ2) is 8.71. The lowest BCUT2D eigenvalue weighted by molar-refractivity contribution is -0.136. The van der Waals surface area contributed by atoms with E-state index in [0.29, 0.717) is 12.1 Å². The molecule has 0 aromatic carbocycles. The number of rotatable bonds is 6. The molecule has 3 N–H and O–H groups in total. The molecule has 9 nitrogen and oxygen atoms in total. The standard InChI is InChI=1S/C17H26N6O3.ClH/c1-3-6-17(12-4-7-18-8-5-12)15(25)23(16(26)21-17)11-14(24)20-13-9-19-22(2)10-13;/h9-10,12,18H,3-8,11H2,1-2H3,(H,20,24)(H,21,26);1H. The molecule has 0 spiro atoms. The molecule has 2 fully saturated rings. The summed E-state index contributed by atoms with van der Waals surface area (Å²) in [6.45, 7) is 3.37. The lowest BCUT2D eigenvalue weighted by Gasteiger charge is -2.37. The Morgan fingerprint density at radius 3 is 2.67 bits per heavy atom. The second-order valence-electron chi connectivity index (χ2n) is 7.02. The molecular formula is C17H27ClN6O3. The minimum atomic E-state index is -0.886. The number of hydrogen-bond donors (Lipinski definition) is 3. The summed E-state index contributed by atoms with van der Waals surface area (Å²) < 4.78 is 1.56. The van der Waals surface area contributed by atoms with Crippen molar-refractivity contribution in [1.29, 1.82) is 0 Å². The zero-order valence-electron chi connectivity index (χ0n) is 15.7. The van der Waals surface area contributed by atoms with Crippen molar-refractivity contribution in [1.82, 2.24) is 25.3 Å². The van der Waals surface area contributed by atoms with Crippen molar-refractivity contribution in [3.05, 3.63) is 12.4 Å². The first-order chi connectivity index (χ1) is 12.5. The van der Waals surface area contributed by atoms with Crippen molar-refractivity contribution in [3.8, 4) is 0 Å². The number of nitrogens with zero attached hydrogens (tertiary/aromatic N) is 3. The van der Waals surface area contributed by atoms with Gasteiger partial charge in [-0.15, -0.1) is 12.4 Å². The summed E-state index contributed by atoms with van der Waals surface area (Å²) in [4.78, 5) is 39.0. The Kier molecular flexibility index (Phi) is 6.83. The highest BCUT2D eigenvalue weighted by Gasteiger charge is 2.55. The average molecular weight is 399 g/mol. The Bertz CT molecular complexity index is 703. The number of amides is 4. The van der Waals surface area contributed by atoms with Gasteiger partial charge in [-0.05, 0) is 38.3 Å². The summed E-state index contributed by atoms with van der Waals surface area (Å²) in [6, 6.07) is -0.483. The molecule has 3 rings (SSSR count). The van der Waals surface area contributed by atoms with Crippen LogP contribution in [0, 0.1) is 5.92 Å². The van der Waals surface area contributed by atoms with Crippen LogP contribution in [0.4, 0.5) is 10.5 Å². The number of aromatic nitrogens is 2. The Morgan fingerprint density at radius 1 is 1.37 bits per heavy atom. The molecule has 27 heavy (non-hydrogen) atoms. The molecule has 1 aromatic rings. The Morgan fingerprint density at radius 2 is 2.07 bits per heavy atom. The maximum Gasteiger partial charge on any atom is 0.325 e. The second-order valence-corrected chi connectivity index (χ2v) is 7.02. The Hall–Kier alpha value is -2.13. The smallest absolute Gasteiger partial charge is 0.323 e. The van der Waals surface area contributed by atoms with E-state index in [9.17, 15) is 14.4 Å². The van der Waals surface area contributed by atoms with E-state index in [0.717, 1.165) is 37.3 Å². The molecule has 3 heterocycles. The number of halogens is 1. The van der Waals surface area contributed by atoms with Gasteiger partial charge in [0, 0.05) is 13.2 Å². The van der Waals surface area contributed by atoms with Crippen molar-refractivity contribution in [2.24, 2.45) is 13.0 Å². The van der Waals surface area contributed by atoms with Crippen LogP contribution in [0.1, 0.15) is 32.6 Å². The topological polar surface area (TPSA) is 108 Å². The van der Waals surface area contributed by atoms with E-state index in [1.165, 1.54) is 6.20 Å². The van der Waals surface area contributed by atoms with E-state index in [1.54, 1.807) is 17.9 Å². The molecule has 150 valence electrons. The summed E-state index contributed by atoms with van der Waals surface area (Å²) in [5.41, 5.74) is -0.356. The third-order valence-electron chi connectivity index (χ3n) is 5.17. The number of urea groups is 1. The molecule has 10 heteroatoms. The summed E-state index contributed by atoms with van der Waals surface area (Å²) in [5, 5.41) is 12.9. The molecule has 1 unspecified atom stereocenters. The zero-order chi connectivity index (χ0) is 18.7. The number of nitrogens with one attached hydrogen (secondary N) is 3. The van der Waals surface area contributed by atoms with Gasteiger partial charge in [0.25, 0.3) is 5.91 Å². The monoisotopic (exact) mass is 398 g/mol. The van der Waals surface area contributed by atoms with E-state index in [1.807, 2.05) is 6.92 Å². The van der Waals surface area contributed by atoms with Gasteiger partial charge in [0.1, 0.15) is 12.1 Å². The van der Waals surface area contributed by atoms with Crippen LogP contribution in [0.3, 0.4) is 0 Å². The third-order valence-corrected chi connectivity index (χ3v) is 5.17. The summed E-state index contributed by atoms with van der Waals surface area (Å²) in [5.74, 6) is -0.608.